The first-order valence-corrected chi connectivity index (χ1v) is 8.70. The summed E-state index contributed by atoms with van der Waals surface area (Å²) in [5.74, 6) is 4.08. The van der Waals surface area contributed by atoms with Gasteiger partial charge < -0.3 is 10.1 Å². The highest BCUT2D eigenvalue weighted by Gasteiger charge is 2.53. The molecule has 5 atom stereocenters. The van der Waals surface area contributed by atoms with Gasteiger partial charge in [-0.2, -0.15) is 0 Å². The van der Waals surface area contributed by atoms with Crippen molar-refractivity contribution in [1.82, 2.24) is 0 Å². The molecule has 1 aromatic rings. The monoisotopic (exact) mass is 285 g/mol. The maximum absolute atomic E-state index is 5.25. The molecule has 2 nitrogen and oxygen atoms in total. The molecule has 4 rings (SSSR count). The predicted octanol–water partition coefficient (Wildman–Crippen LogP) is 4.11. The molecule has 2 bridgehead atoms. The first-order valence-electron chi connectivity index (χ1n) is 8.70. The number of fused-ring (bicyclic) bond motifs is 5. The molecular weight excluding hydrogens is 258 g/mol. The number of anilines is 1. The van der Waals surface area contributed by atoms with E-state index >= 15 is 0 Å². The maximum atomic E-state index is 5.25. The van der Waals surface area contributed by atoms with Crippen LogP contribution in [0.15, 0.2) is 24.3 Å². The molecule has 0 amide bonds. The van der Waals surface area contributed by atoms with Gasteiger partial charge in [0.25, 0.3) is 0 Å². The second kappa shape index (κ2) is 5.64. The topological polar surface area (TPSA) is 21.3 Å². The van der Waals surface area contributed by atoms with Gasteiger partial charge in [-0.1, -0.05) is 24.6 Å². The van der Waals surface area contributed by atoms with Crippen molar-refractivity contribution < 1.29 is 4.74 Å². The number of methoxy groups -OCH3 is 1. The van der Waals surface area contributed by atoms with Gasteiger partial charge in [0.1, 0.15) is 0 Å². The summed E-state index contributed by atoms with van der Waals surface area (Å²) in [6.07, 6.45) is 8.40. The minimum Gasteiger partial charge on any atom is -0.384 e. The first kappa shape index (κ1) is 13.6. The molecule has 0 heterocycles. The van der Waals surface area contributed by atoms with Crippen LogP contribution in [0, 0.1) is 23.7 Å². The predicted molar refractivity (Wildman–Crippen MR) is 86.5 cm³/mol. The van der Waals surface area contributed by atoms with Crippen molar-refractivity contribution in [2.24, 2.45) is 23.7 Å². The Balaban J connectivity index is 1.47. The number of para-hydroxylation sites is 1. The first-order chi connectivity index (χ1) is 10.4. The third kappa shape index (κ3) is 2.38. The lowest BCUT2D eigenvalue weighted by Crippen LogP contribution is -2.34. The van der Waals surface area contributed by atoms with Crippen molar-refractivity contribution >= 4 is 5.69 Å². The summed E-state index contributed by atoms with van der Waals surface area (Å²) in [4.78, 5) is 0. The molecule has 0 aromatic heterocycles. The van der Waals surface area contributed by atoms with E-state index in [0.717, 1.165) is 42.7 Å². The number of ether oxygens (including phenoxy) is 1. The molecule has 0 radical (unpaired) electrons. The summed E-state index contributed by atoms with van der Waals surface area (Å²) in [5.41, 5.74) is 2.76. The number of nitrogens with one attached hydrogen (secondary N) is 1. The molecule has 5 unspecified atom stereocenters. The number of hydrogen-bond donors (Lipinski definition) is 1. The van der Waals surface area contributed by atoms with Crippen molar-refractivity contribution in [3.05, 3.63) is 29.8 Å². The van der Waals surface area contributed by atoms with Gasteiger partial charge in [-0.05, 0) is 67.4 Å². The Kier molecular flexibility index (Phi) is 3.66. The summed E-state index contributed by atoms with van der Waals surface area (Å²) in [6, 6.07) is 9.52. The van der Waals surface area contributed by atoms with Crippen molar-refractivity contribution in [3.63, 3.8) is 0 Å². The van der Waals surface area contributed by atoms with Crippen molar-refractivity contribution in [3.8, 4) is 0 Å². The zero-order valence-electron chi connectivity index (χ0n) is 13.1. The van der Waals surface area contributed by atoms with E-state index in [9.17, 15) is 0 Å². The summed E-state index contributed by atoms with van der Waals surface area (Å²) >= 11 is 0. The molecule has 3 aliphatic carbocycles. The van der Waals surface area contributed by atoms with Crippen LogP contribution in [0.1, 0.15) is 37.7 Å². The van der Waals surface area contributed by atoms with Gasteiger partial charge in [0.15, 0.2) is 0 Å². The van der Waals surface area contributed by atoms with Gasteiger partial charge in [0, 0.05) is 18.8 Å². The van der Waals surface area contributed by atoms with E-state index in [2.05, 4.69) is 29.6 Å². The van der Waals surface area contributed by atoms with Gasteiger partial charge in [0.2, 0.25) is 0 Å². The van der Waals surface area contributed by atoms with E-state index in [1.165, 1.54) is 43.4 Å². The van der Waals surface area contributed by atoms with Crippen molar-refractivity contribution in [2.45, 2.75) is 44.6 Å². The van der Waals surface area contributed by atoms with Crippen LogP contribution in [0.3, 0.4) is 0 Å². The van der Waals surface area contributed by atoms with Gasteiger partial charge in [-0.3, -0.25) is 0 Å². The third-order valence-electron chi connectivity index (χ3n) is 6.36. The smallest absolute Gasteiger partial charge is 0.0503 e. The summed E-state index contributed by atoms with van der Waals surface area (Å²) in [5, 5.41) is 3.91. The number of rotatable bonds is 5. The van der Waals surface area contributed by atoms with Crippen LogP contribution in [-0.4, -0.2) is 19.8 Å². The maximum Gasteiger partial charge on any atom is 0.0503 e. The molecule has 0 aliphatic heterocycles. The summed E-state index contributed by atoms with van der Waals surface area (Å²) in [6.45, 7) is 0.806. The highest BCUT2D eigenvalue weighted by molar-refractivity contribution is 5.52. The van der Waals surface area contributed by atoms with E-state index in [1.807, 2.05) is 0 Å². The second-order valence-electron chi connectivity index (χ2n) is 7.30. The Morgan fingerprint density at radius 1 is 1.10 bits per heavy atom. The highest BCUT2D eigenvalue weighted by Crippen LogP contribution is 2.59. The third-order valence-corrected chi connectivity index (χ3v) is 6.36. The summed E-state index contributed by atoms with van der Waals surface area (Å²) < 4.78 is 5.25. The van der Waals surface area contributed by atoms with Crippen molar-refractivity contribution in [1.29, 1.82) is 0 Å². The molecule has 21 heavy (non-hydrogen) atoms. The van der Waals surface area contributed by atoms with Gasteiger partial charge in [-0.15, -0.1) is 0 Å². The van der Waals surface area contributed by atoms with Crippen LogP contribution in [0.25, 0.3) is 0 Å². The van der Waals surface area contributed by atoms with E-state index in [1.54, 1.807) is 7.11 Å². The Morgan fingerprint density at radius 3 is 2.86 bits per heavy atom. The number of hydrogen-bond acceptors (Lipinski definition) is 2. The van der Waals surface area contributed by atoms with Gasteiger partial charge in [-0.25, -0.2) is 0 Å². The number of benzene rings is 1. The largest absolute Gasteiger partial charge is 0.384 e. The zero-order valence-corrected chi connectivity index (χ0v) is 13.1. The average molecular weight is 285 g/mol. The van der Waals surface area contributed by atoms with Crippen molar-refractivity contribution in [2.75, 3.05) is 19.0 Å². The minimum atomic E-state index is 0.720. The quantitative estimate of drug-likeness (QED) is 0.879. The molecule has 1 N–H and O–H groups in total. The SMILES string of the molecule is COCCc1ccccc1NC1CC2CC1C1CCCC21. The molecule has 114 valence electrons. The summed E-state index contributed by atoms with van der Waals surface area (Å²) in [7, 11) is 1.78. The normalized spacial score (nSPS) is 36.9. The molecule has 0 spiro atoms. The molecule has 3 fully saturated rings. The fourth-order valence-corrected chi connectivity index (χ4v) is 5.52. The fraction of sp³-hybridized carbons (Fsp3) is 0.684. The second-order valence-corrected chi connectivity index (χ2v) is 7.30. The molecule has 3 saturated carbocycles. The Bertz CT molecular complexity index is 500. The van der Waals surface area contributed by atoms with Crippen LogP contribution in [0.2, 0.25) is 0 Å². The van der Waals surface area contributed by atoms with Crippen LogP contribution in [-0.2, 0) is 11.2 Å². The Morgan fingerprint density at radius 2 is 1.95 bits per heavy atom. The minimum absolute atomic E-state index is 0.720. The molecular formula is C19H27NO. The lowest BCUT2D eigenvalue weighted by atomic mass is 9.79. The van der Waals surface area contributed by atoms with E-state index in [0.29, 0.717) is 0 Å². The van der Waals surface area contributed by atoms with Gasteiger partial charge in [0.05, 0.1) is 6.61 Å². The Hall–Kier alpha value is -1.02. The van der Waals surface area contributed by atoms with E-state index < -0.39 is 0 Å². The van der Waals surface area contributed by atoms with Crippen LogP contribution in [0.5, 0.6) is 0 Å². The molecule has 2 heteroatoms. The molecule has 0 saturated heterocycles. The lowest BCUT2D eigenvalue weighted by molar-refractivity contribution is 0.202. The standard InChI is InChI=1S/C19H27NO/c1-21-10-9-13-5-2-3-8-18(13)20-19-12-14-11-17(19)16-7-4-6-15(14)16/h2-3,5,8,14-17,19-20H,4,6-7,9-12H2,1H3. The fourth-order valence-electron chi connectivity index (χ4n) is 5.52. The van der Waals surface area contributed by atoms with Gasteiger partial charge >= 0.3 is 0 Å². The van der Waals surface area contributed by atoms with E-state index in [-0.39, 0.29) is 0 Å². The van der Waals surface area contributed by atoms with E-state index in [4.69, 9.17) is 4.74 Å². The lowest BCUT2D eigenvalue weighted by Gasteiger charge is -2.33. The van der Waals surface area contributed by atoms with Crippen LogP contribution < -0.4 is 5.32 Å². The highest BCUT2D eigenvalue weighted by atomic mass is 16.5. The van der Waals surface area contributed by atoms with Crippen LogP contribution >= 0.6 is 0 Å². The zero-order chi connectivity index (χ0) is 14.2. The molecule has 3 aliphatic rings. The average Bonchev–Trinajstić information content (AvgIpc) is 3.18. The molecule has 1 aromatic carbocycles. The van der Waals surface area contributed by atoms with Crippen LogP contribution in [0.4, 0.5) is 5.69 Å². The Labute approximate surface area is 128 Å².